The highest BCUT2D eigenvalue weighted by atomic mass is 16.5. The number of nitrogens with zero attached hydrogens (tertiary/aromatic N) is 1. The molecule has 6 rings (SSSR count). The molecule has 5 saturated carbocycles. The number of hydrogen-bond acceptors (Lipinski definition) is 5. The van der Waals surface area contributed by atoms with Gasteiger partial charge in [0.25, 0.3) is 5.91 Å². The van der Waals surface area contributed by atoms with E-state index >= 15 is 0 Å². The molecule has 0 radical (unpaired) electrons. The van der Waals surface area contributed by atoms with E-state index in [4.69, 9.17) is 4.74 Å². The summed E-state index contributed by atoms with van der Waals surface area (Å²) in [6, 6.07) is 9.70. The SMILES string of the molecule is CC(=O)OCC1(C)C(NC(=O)c2ccccc2)CCC23CC24C(=O)CC2(C)C(C(C)N(C)C)CCC2(C)C4CCC13. The van der Waals surface area contributed by atoms with Crippen LogP contribution in [0.2, 0.25) is 0 Å². The monoisotopic (exact) mass is 562 g/mol. The second kappa shape index (κ2) is 9.39. The van der Waals surface area contributed by atoms with Gasteiger partial charge in [0.1, 0.15) is 5.78 Å². The zero-order valence-corrected chi connectivity index (χ0v) is 26.2. The summed E-state index contributed by atoms with van der Waals surface area (Å²) >= 11 is 0. The number of carbonyl (C=O) groups excluding carboxylic acids is 3. The molecule has 1 amide bonds. The third-order valence-corrected chi connectivity index (χ3v) is 14.1. The predicted octanol–water partition coefficient (Wildman–Crippen LogP) is 5.90. The number of esters is 1. The molecule has 41 heavy (non-hydrogen) atoms. The van der Waals surface area contributed by atoms with Gasteiger partial charge in [-0.2, -0.15) is 0 Å². The largest absolute Gasteiger partial charge is 0.465 e. The molecule has 0 heterocycles. The Bertz CT molecular complexity index is 1250. The maximum absolute atomic E-state index is 14.6. The van der Waals surface area contributed by atoms with Gasteiger partial charge in [0.2, 0.25) is 0 Å². The zero-order valence-electron chi connectivity index (χ0n) is 26.2. The summed E-state index contributed by atoms with van der Waals surface area (Å²) in [4.78, 5) is 42.4. The van der Waals surface area contributed by atoms with Crippen molar-refractivity contribution >= 4 is 17.7 Å². The van der Waals surface area contributed by atoms with Crippen molar-refractivity contribution in [2.45, 2.75) is 98.1 Å². The number of amides is 1. The molecule has 5 aliphatic rings. The Labute approximate surface area is 246 Å². The second-order valence-corrected chi connectivity index (χ2v) is 15.5. The Morgan fingerprint density at radius 1 is 1.00 bits per heavy atom. The van der Waals surface area contributed by atoms with Gasteiger partial charge in [-0.3, -0.25) is 14.4 Å². The highest BCUT2D eigenvalue weighted by Gasteiger charge is 2.85. The quantitative estimate of drug-likeness (QED) is 0.437. The number of rotatable bonds is 6. The summed E-state index contributed by atoms with van der Waals surface area (Å²) in [5, 5.41) is 3.36. The standard InChI is InChI=1S/C35H50N2O4/c1-22(37(6)7)25-15-17-32(4)27-14-13-26-31(3,21-41-23(2)38)28(36-30(40)24-11-9-8-10-12-24)16-18-34(26)20-35(27,34)29(39)19-33(25,32)5/h8-12,22,25-28H,13-21H2,1-7H3,(H,36,40). The summed E-state index contributed by atoms with van der Waals surface area (Å²) in [5.74, 6) is 1.30. The normalized spacial score (nSPS) is 45.1. The average Bonchev–Trinajstić information content (AvgIpc) is 3.55. The Hall–Kier alpha value is -2.21. The van der Waals surface area contributed by atoms with Crippen molar-refractivity contribution in [2.75, 3.05) is 20.7 Å². The summed E-state index contributed by atoms with van der Waals surface area (Å²) in [5.41, 5.74) is 0.0730. The van der Waals surface area contributed by atoms with Gasteiger partial charge in [0.15, 0.2) is 0 Å². The molecule has 1 aromatic carbocycles. The molecular formula is C35H50N2O4. The number of hydrogen-bond donors (Lipinski definition) is 1. The van der Waals surface area contributed by atoms with Crippen LogP contribution in [0.1, 0.15) is 96.3 Å². The van der Waals surface area contributed by atoms with E-state index in [-0.39, 0.29) is 52.1 Å². The average molecular weight is 563 g/mol. The molecule has 0 aliphatic heterocycles. The van der Waals surface area contributed by atoms with Crippen molar-refractivity contribution in [2.24, 2.45) is 44.8 Å². The Morgan fingerprint density at radius 2 is 1.68 bits per heavy atom. The third kappa shape index (κ3) is 3.74. The van der Waals surface area contributed by atoms with Crippen LogP contribution in [0.25, 0.3) is 0 Å². The summed E-state index contributed by atoms with van der Waals surface area (Å²) < 4.78 is 5.76. The molecule has 5 fully saturated rings. The van der Waals surface area contributed by atoms with E-state index in [1.807, 2.05) is 30.3 Å². The predicted molar refractivity (Wildman–Crippen MR) is 159 cm³/mol. The van der Waals surface area contributed by atoms with Crippen molar-refractivity contribution in [1.29, 1.82) is 0 Å². The lowest BCUT2D eigenvalue weighted by atomic mass is 9.41. The van der Waals surface area contributed by atoms with Crippen molar-refractivity contribution in [3.05, 3.63) is 35.9 Å². The lowest BCUT2D eigenvalue weighted by Crippen LogP contribution is -2.64. The Kier molecular flexibility index (Phi) is 6.62. The fraction of sp³-hybridized carbons (Fsp3) is 0.743. The van der Waals surface area contributed by atoms with Gasteiger partial charge in [-0.15, -0.1) is 0 Å². The fourth-order valence-electron chi connectivity index (χ4n) is 11.6. The number of nitrogens with one attached hydrogen (secondary N) is 1. The molecule has 10 atom stereocenters. The Balaban J connectivity index is 1.34. The molecule has 5 aliphatic carbocycles. The second-order valence-electron chi connectivity index (χ2n) is 15.5. The first kappa shape index (κ1) is 28.9. The number of ether oxygens (including phenoxy) is 1. The van der Waals surface area contributed by atoms with E-state index in [9.17, 15) is 14.4 Å². The highest BCUT2D eigenvalue weighted by Crippen LogP contribution is 2.88. The van der Waals surface area contributed by atoms with Crippen LogP contribution in [0.3, 0.4) is 0 Å². The van der Waals surface area contributed by atoms with Crippen LogP contribution in [0.15, 0.2) is 30.3 Å². The topological polar surface area (TPSA) is 75.7 Å². The van der Waals surface area contributed by atoms with E-state index in [1.54, 1.807) is 0 Å². The molecule has 0 saturated heterocycles. The maximum Gasteiger partial charge on any atom is 0.302 e. The molecule has 1 aromatic rings. The van der Waals surface area contributed by atoms with Gasteiger partial charge >= 0.3 is 5.97 Å². The smallest absolute Gasteiger partial charge is 0.302 e. The van der Waals surface area contributed by atoms with Crippen LogP contribution < -0.4 is 5.32 Å². The molecule has 6 heteroatoms. The summed E-state index contributed by atoms with van der Waals surface area (Å²) in [7, 11) is 4.35. The molecular weight excluding hydrogens is 512 g/mol. The van der Waals surface area contributed by atoms with E-state index < -0.39 is 5.41 Å². The first-order chi connectivity index (χ1) is 19.3. The fourth-order valence-corrected chi connectivity index (χ4v) is 11.6. The van der Waals surface area contributed by atoms with Crippen molar-refractivity contribution in [3.8, 4) is 0 Å². The van der Waals surface area contributed by atoms with Crippen molar-refractivity contribution in [1.82, 2.24) is 10.2 Å². The zero-order chi connectivity index (χ0) is 29.6. The number of Topliss-reactive ketones (excluding diaryl/α,β-unsaturated/α-hetero) is 1. The van der Waals surface area contributed by atoms with Gasteiger partial charge in [-0.05, 0) is 112 Å². The van der Waals surface area contributed by atoms with Crippen LogP contribution in [-0.2, 0) is 14.3 Å². The number of benzene rings is 1. The Morgan fingerprint density at radius 3 is 2.34 bits per heavy atom. The lowest BCUT2D eigenvalue weighted by molar-refractivity contribution is -0.176. The minimum absolute atomic E-state index is 0.0161. The van der Waals surface area contributed by atoms with Gasteiger partial charge in [0, 0.05) is 41.8 Å². The van der Waals surface area contributed by atoms with Crippen LogP contribution in [0, 0.1) is 44.8 Å². The van der Waals surface area contributed by atoms with Crippen molar-refractivity contribution < 1.29 is 19.1 Å². The van der Waals surface area contributed by atoms with Crippen molar-refractivity contribution in [3.63, 3.8) is 0 Å². The van der Waals surface area contributed by atoms with Gasteiger partial charge in [0.05, 0.1) is 6.61 Å². The molecule has 0 bridgehead atoms. The van der Waals surface area contributed by atoms with Crippen LogP contribution in [0.5, 0.6) is 0 Å². The van der Waals surface area contributed by atoms with Crippen LogP contribution in [0.4, 0.5) is 0 Å². The number of ketones is 1. The third-order valence-electron chi connectivity index (χ3n) is 14.1. The minimum Gasteiger partial charge on any atom is -0.465 e. The molecule has 1 N–H and O–H groups in total. The minimum atomic E-state index is -0.428. The highest BCUT2D eigenvalue weighted by molar-refractivity contribution is 5.94. The number of fused-ring (bicyclic) bond motifs is 2. The molecule has 6 nitrogen and oxygen atoms in total. The van der Waals surface area contributed by atoms with Gasteiger partial charge < -0.3 is 15.0 Å². The van der Waals surface area contributed by atoms with E-state index in [2.05, 4.69) is 52.0 Å². The molecule has 0 aromatic heterocycles. The first-order valence-corrected chi connectivity index (χ1v) is 16.0. The van der Waals surface area contributed by atoms with Gasteiger partial charge in [-0.25, -0.2) is 0 Å². The maximum atomic E-state index is 14.6. The lowest BCUT2D eigenvalue weighted by Gasteiger charge is -2.63. The molecule has 10 unspecified atom stereocenters. The van der Waals surface area contributed by atoms with Gasteiger partial charge in [-0.1, -0.05) is 39.0 Å². The van der Waals surface area contributed by atoms with E-state index in [0.29, 0.717) is 35.6 Å². The molecule has 2 spiro atoms. The number of carbonyl (C=O) groups is 3. The van der Waals surface area contributed by atoms with Crippen LogP contribution >= 0.6 is 0 Å². The summed E-state index contributed by atoms with van der Waals surface area (Å²) in [6.07, 6.45) is 7.89. The van der Waals surface area contributed by atoms with Crippen LogP contribution in [-0.4, -0.2) is 55.3 Å². The van der Waals surface area contributed by atoms with E-state index in [0.717, 1.165) is 32.1 Å². The van der Waals surface area contributed by atoms with E-state index in [1.165, 1.54) is 19.8 Å². The molecule has 224 valence electrons. The summed E-state index contributed by atoms with van der Waals surface area (Å²) in [6.45, 7) is 11.3. The first-order valence-electron chi connectivity index (χ1n) is 16.0.